The van der Waals surface area contributed by atoms with Crippen LogP contribution in [0, 0.1) is 0 Å². The second-order valence-corrected chi connectivity index (χ2v) is 17.5. The van der Waals surface area contributed by atoms with Gasteiger partial charge in [-0.25, -0.2) is 15.0 Å². The highest BCUT2D eigenvalue weighted by molar-refractivity contribution is 6.07. The van der Waals surface area contributed by atoms with Crippen molar-refractivity contribution in [3.63, 3.8) is 0 Å². The molecule has 0 spiro atoms. The average Bonchev–Trinajstić information content (AvgIpc) is 3.95. The third kappa shape index (κ3) is 6.57. The van der Waals surface area contributed by atoms with Gasteiger partial charge in [-0.1, -0.05) is 200 Å². The summed E-state index contributed by atoms with van der Waals surface area (Å²) in [6.07, 6.45) is 0. The Labute approximate surface area is 394 Å². The van der Waals surface area contributed by atoms with Gasteiger partial charge in [-0.15, -0.1) is 0 Å². The van der Waals surface area contributed by atoms with E-state index in [1.165, 1.54) is 27.8 Å². The zero-order valence-corrected chi connectivity index (χ0v) is 36.9. The van der Waals surface area contributed by atoms with Gasteiger partial charge in [0.15, 0.2) is 17.5 Å². The van der Waals surface area contributed by atoms with Crippen molar-refractivity contribution in [1.29, 1.82) is 0 Å². The summed E-state index contributed by atoms with van der Waals surface area (Å²) in [4.78, 5) is 16.1. The molecule has 0 N–H and O–H groups in total. The number of hydrogen-bond donors (Lipinski definition) is 0. The van der Waals surface area contributed by atoms with Crippen molar-refractivity contribution < 1.29 is 4.42 Å². The Morgan fingerprint density at radius 1 is 0.265 bits per heavy atom. The summed E-state index contributed by atoms with van der Waals surface area (Å²) in [7, 11) is 0. The van der Waals surface area contributed by atoms with Crippen LogP contribution in [0.5, 0.6) is 0 Å². The molecule has 68 heavy (non-hydrogen) atoms. The van der Waals surface area contributed by atoms with Crippen LogP contribution in [-0.4, -0.2) is 15.0 Å². The van der Waals surface area contributed by atoms with Crippen molar-refractivity contribution in [1.82, 2.24) is 15.0 Å². The quantitative estimate of drug-likeness (QED) is 0.153. The molecule has 0 aliphatic heterocycles. The Hall–Kier alpha value is -8.99. The molecule has 0 atom stereocenters. The van der Waals surface area contributed by atoms with E-state index in [9.17, 15) is 0 Å². The molecule has 0 saturated heterocycles. The molecule has 0 radical (unpaired) electrons. The monoisotopic (exact) mass is 867 g/mol. The molecule has 318 valence electrons. The molecular formula is C64H41N3O. The van der Waals surface area contributed by atoms with E-state index in [0.717, 1.165) is 77.6 Å². The fourth-order valence-corrected chi connectivity index (χ4v) is 10.4. The van der Waals surface area contributed by atoms with Gasteiger partial charge in [-0.2, -0.15) is 0 Å². The van der Waals surface area contributed by atoms with Gasteiger partial charge in [0.2, 0.25) is 0 Å². The van der Waals surface area contributed by atoms with E-state index >= 15 is 0 Å². The van der Waals surface area contributed by atoms with Gasteiger partial charge in [0, 0.05) is 27.5 Å². The molecule has 4 heteroatoms. The Balaban J connectivity index is 1.02. The highest BCUT2D eigenvalue weighted by Crippen LogP contribution is 2.56. The summed E-state index contributed by atoms with van der Waals surface area (Å²) >= 11 is 0. The number of nitrogens with zero attached hydrogens (tertiary/aromatic N) is 3. The zero-order valence-electron chi connectivity index (χ0n) is 36.9. The highest BCUT2D eigenvalue weighted by atomic mass is 16.3. The van der Waals surface area contributed by atoms with E-state index < -0.39 is 5.41 Å². The van der Waals surface area contributed by atoms with Crippen LogP contribution < -0.4 is 0 Å². The molecule has 0 fully saturated rings. The zero-order chi connectivity index (χ0) is 45.0. The van der Waals surface area contributed by atoms with Crippen molar-refractivity contribution in [2.75, 3.05) is 0 Å². The lowest BCUT2D eigenvalue weighted by atomic mass is 9.67. The highest BCUT2D eigenvalue weighted by Gasteiger charge is 2.46. The normalized spacial score (nSPS) is 12.5. The lowest BCUT2D eigenvalue weighted by Crippen LogP contribution is -2.28. The van der Waals surface area contributed by atoms with Crippen LogP contribution in [0.3, 0.4) is 0 Å². The van der Waals surface area contributed by atoms with Crippen molar-refractivity contribution in [2.45, 2.75) is 5.41 Å². The van der Waals surface area contributed by atoms with Crippen molar-refractivity contribution >= 4 is 21.9 Å². The largest absolute Gasteiger partial charge is 0.456 e. The third-order valence-corrected chi connectivity index (χ3v) is 13.6. The predicted octanol–water partition coefficient (Wildman–Crippen LogP) is 16.1. The van der Waals surface area contributed by atoms with Crippen molar-refractivity contribution in [3.05, 3.63) is 271 Å². The van der Waals surface area contributed by atoms with Crippen LogP contribution in [0.1, 0.15) is 22.3 Å². The first-order valence-corrected chi connectivity index (χ1v) is 23.1. The molecule has 2 heterocycles. The van der Waals surface area contributed by atoms with Crippen molar-refractivity contribution in [2.24, 2.45) is 0 Å². The summed E-state index contributed by atoms with van der Waals surface area (Å²) in [6, 6.07) is 88.2. The van der Waals surface area contributed by atoms with Gasteiger partial charge in [0.1, 0.15) is 11.2 Å². The molecule has 0 amide bonds. The second-order valence-electron chi connectivity index (χ2n) is 17.5. The summed E-state index contributed by atoms with van der Waals surface area (Å²) in [5.41, 5.74) is 17.7. The summed E-state index contributed by atoms with van der Waals surface area (Å²) in [6.45, 7) is 0. The maximum atomic E-state index is 6.58. The molecule has 1 aliphatic rings. The fraction of sp³-hybridized carbons (Fsp3) is 0.0156. The standard InChI is InChI=1S/C64H41N3O/c1-5-18-42(19-6-1)45-33-35-59-56(40-45)55-34-32-47(41-60(55)68-59)62-65-61(66-63(67-62)50-37-48(43-20-7-2-8-21-43)36-49(38-50)44-22-9-3-10-23-44)46-24-17-27-52(39-46)64(51-25-11-4-12-26-51)57-30-15-13-28-53(57)54-29-14-16-31-58(54)64/h1-41H. The first-order valence-electron chi connectivity index (χ1n) is 23.1. The van der Waals surface area contributed by atoms with Gasteiger partial charge in [-0.3, -0.25) is 0 Å². The maximum absolute atomic E-state index is 6.58. The lowest BCUT2D eigenvalue weighted by molar-refractivity contribution is 0.669. The molecule has 13 rings (SSSR count). The summed E-state index contributed by atoms with van der Waals surface area (Å²) in [5.74, 6) is 1.72. The van der Waals surface area contributed by atoms with E-state index in [1.54, 1.807) is 0 Å². The van der Waals surface area contributed by atoms with E-state index in [0.29, 0.717) is 17.5 Å². The molecule has 0 saturated carbocycles. The number of fused-ring (bicyclic) bond motifs is 6. The molecular weight excluding hydrogens is 827 g/mol. The Morgan fingerprint density at radius 3 is 1.32 bits per heavy atom. The summed E-state index contributed by atoms with van der Waals surface area (Å²) in [5, 5.41) is 2.10. The van der Waals surface area contributed by atoms with Crippen LogP contribution in [0.4, 0.5) is 0 Å². The number of benzene rings is 10. The van der Waals surface area contributed by atoms with Gasteiger partial charge in [-0.05, 0) is 115 Å². The number of hydrogen-bond acceptors (Lipinski definition) is 4. The first-order chi connectivity index (χ1) is 33.7. The molecule has 2 aromatic heterocycles. The maximum Gasteiger partial charge on any atom is 0.164 e. The van der Waals surface area contributed by atoms with Crippen LogP contribution in [-0.2, 0) is 5.41 Å². The lowest BCUT2D eigenvalue weighted by Gasteiger charge is -2.34. The number of furan rings is 1. The molecule has 0 bridgehead atoms. The van der Waals surface area contributed by atoms with Crippen LogP contribution in [0.2, 0.25) is 0 Å². The van der Waals surface area contributed by atoms with E-state index in [-0.39, 0.29) is 0 Å². The second kappa shape index (κ2) is 16.2. The van der Waals surface area contributed by atoms with Gasteiger partial charge in [0.25, 0.3) is 0 Å². The van der Waals surface area contributed by atoms with Gasteiger partial charge >= 0.3 is 0 Å². The molecule has 10 aromatic carbocycles. The Morgan fingerprint density at radius 2 is 0.721 bits per heavy atom. The minimum absolute atomic E-state index is 0.559. The van der Waals surface area contributed by atoms with Crippen LogP contribution in [0.25, 0.3) is 101 Å². The van der Waals surface area contributed by atoms with E-state index in [2.05, 4.69) is 243 Å². The minimum atomic E-state index is -0.579. The van der Waals surface area contributed by atoms with Gasteiger partial charge < -0.3 is 4.42 Å². The van der Waals surface area contributed by atoms with Crippen LogP contribution in [0.15, 0.2) is 253 Å². The van der Waals surface area contributed by atoms with E-state index in [4.69, 9.17) is 19.4 Å². The fourth-order valence-electron chi connectivity index (χ4n) is 10.4. The predicted molar refractivity (Wildman–Crippen MR) is 277 cm³/mol. The molecule has 4 nitrogen and oxygen atoms in total. The topological polar surface area (TPSA) is 51.8 Å². The molecule has 12 aromatic rings. The summed E-state index contributed by atoms with van der Waals surface area (Å²) < 4.78 is 6.58. The molecule has 1 aliphatic carbocycles. The van der Waals surface area contributed by atoms with Crippen molar-refractivity contribution in [3.8, 4) is 78.7 Å². The SMILES string of the molecule is c1ccc(-c2cc(-c3ccccc3)cc(-c3nc(-c4cccc(C5(c6ccccc6)c6ccccc6-c6ccccc65)c4)nc(-c4ccc5c(c4)oc4ccc(-c6ccccc6)cc45)n3)c2)cc1. The average molecular weight is 868 g/mol. The molecule has 0 unspecified atom stereocenters. The number of rotatable bonds is 8. The Kier molecular flexibility index (Phi) is 9.36. The van der Waals surface area contributed by atoms with Gasteiger partial charge in [0.05, 0.1) is 5.41 Å². The Bertz CT molecular complexity index is 3740. The third-order valence-electron chi connectivity index (χ3n) is 13.6. The van der Waals surface area contributed by atoms with E-state index in [1.807, 2.05) is 6.07 Å². The smallest absolute Gasteiger partial charge is 0.164 e. The number of aromatic nitrogens is 3. The van der Waals surface area contributed by atoms with Crippen LogP contribution >= 0.6 is 0 Å². The minimum Gasteiger partial charge on any atom is -0.456 e. The first kappa shape index (κ1) is 39.4.